The van der Waals surface area contributed by atoms with E-state index in [-0.39, 0.29) is 17.7 Å². The van der Waals surface area contributed by atoms with Crippen molar-refractivity contribution in [2.24, 2.45) is 0 Å². The molecule has 5 heterocycles. The maximum atomic E-state index is 6.62. The lowest BCUT2D eigenvalue weighted by molar-refractivity contribution is 0.590. The smallest absolute Gasteiger partial charge is 0.333 e. The van der Waals surface area contributed by atoms with Crippen LogP contribution in [0, 0.1) is 0 Å². The second-order valence-electron chi connectivity index (χ2n) is 18.9. The molecule has 8 aromatic carbocycles. The number of furan rings is 1. The van der Waals surface area contributed by atoms with E-state index in [1.165, 1.54) is 109 Å². The summed E-state index contributed by atoms with van der Waals surface area (Å²) in [4.78, 5) is 2.69. The second kappa shape index (κ2) is 11.0. The van der Waals surface area contributed by atoms with Crippen molar-refractivity contribution >= 4 is 104 Å². The molecule has 14 rings (SSSR count). The summed E-state index contributed by atoms with van der Waals surface area (Å²) in [5.41, 5.74) is 20.0. The molecule has 0 saturated heterocycles. The van der Waals surface area contributed by atoms with E-state index in [9.17, 15) is 0 Å². The lowest BCUT2D eigenvalue weighted by Crippen LogP contribution is -2.60. The molecule has 0 spiro atoms. The molecule has 11 aromatic rings. The van der Waals surface area contributed by atoms with Crippen LogP contribution in [0.4, 0.5) is 11.4 Å². The molecule has 3 aromatic heterocycles. The molecule has 2 aliphatic heterocycles. The Kier molecular flexibility index (Phi) is 6.09. The van der Waals surface area contributed by atoms with Crippen LogP contribution in [0.5, 0.6) is 0 Å². The van der Waals surface area contributed by atoms with Crippen molar-refractivity contribution < 1.29 is 4.42 Å². The number of para-hydroxylation sites is 1. The van der Waals surface area contributed by atoms with Crippen molar-refractivity contribution in [2.75, 3.05) is 4.81 Å². The number of aromatic nitrogens is 1. The first-order valence-electron chi connectivity index (χ1n) is 21.2. The highest BCUT2D eigenvalue weighted by Gasteiger charge is 2.46. The first-order valence-corrected chi connectivity index (χ1v) is 22.0. The van der Waals surface area contributed by atoms with Crippen LogP contribution in [0.15, 0.2) is 150 Å². The van der Waals surface area contributed by atoms with Crippen molar-refractivity contribution in [3.05, 3.63) is 162 Å². The van der Waals surface area contributed by atoms with Crippen LogP contribution in [0.25, 0.3) is 91.9 Å². The molecule has 0 bridgehead atoms. The van der Waals surface area contributed by atoms with Crippen LogP contribution in [-0.2, 0) is 10.8 Å². The molecule has 284 valence electrons. The van der Waals surface area contributed by atoms with E-state index in [4.69, 9.17) is 4.42 Å². The van der Waals surface area contributed by atoms with E-state index in [2.05, 4.69) is 190 Å². The molecule has 0 radical (unpaired) electrons. The number of anilines is 2. The van der Waals surface area contributed by atoms with Crippen molar-refractivity contribution in [1.29, 1.82) is 0 Å². The molecular weight excluding hydrogens is 747 g/mol. The van der Waals surface area contributed by atoms with Crippen LogP contribution in [0.1, 0.15) is 51.3 Å². The molecule has 0 saturated carbocycles. The van der Waals surface area contributed by atoms with E-state index >= 15 is 0 Å². The van der Waals surface area contributed by atoms with Crippen LogP contribution in [0.3, 0.4) is 0 Å². The maximum Gasteiger partial charge on any atom is 0.333 e. The van der Waals surface area contributed by atoms with Gasteiger partial charge in [0.15, 0.2) is 0 Å². The topological polar surface area (TPSA) is 21.3 Å². The zero-order valence-electron chi connectivity index (χ0n) is 34.1. The average Bonchev–Trinajstić information content (AvgIpc) is 3.97. The van der Waals surface area contributed by atoms with Crippen molar-refractivity contribution in [2.45, 2.75) is 45.4 Å². The van der Waals surface area contributed by atoms with E-state index in [0.717, 1.165) is 21.9 Å². The Bertz CT molecular complexity index is 3740. The molecule has 3 aliphatic rings. The van der Waals surface area contributed by atoms with Gasteiger partial charge in [-0.2, -0.15) is 0 Å². The van der Waals surface area contributed by atoms with E-state index < -0.39 is 0 Å². The summed E-state index contributed by atoms with van der Waals surface area (Å²) in [6.45, 7) is 11.6. The highest BCUT2D eigenvalue weighted by molar-refractivity contribution is 7.25. The van der Waals surface area contributed by atoms with Gasteiger partial charge in [0, 0.05) is 75.8 Å². The number of nitrogens with zero attached hydrogens (tertiary/aromatic N) is 2. The zero-order valence-corrected chi connectivity index (χ0v) is 35.0. The van der Waals surface area contributed by atoms with Gasteiger partial charge in [-0.3, -0.25) is 0 Å². The quantitative estimate of drug-likeness (QED) is 0.155. The average molecular weight is 787 g/mol. The Morgan fingerprint density at radius 2 is 1.33 bits per heavy atom. The molecule has 3 nitrogen and oxygen atoms in total. The highest BCUT2D eigenvalue weighted by atomic mass is 32.1. The monoisotopic (exact) mass is 786 g/mol. The lowest BCUT2D eigenvalue weighted by atomic mass is 9.43. The molecule has 0 atom stereocenters. The molecule has 5 heteroatoms. The zero-order chi connectivity index (χ0) is 40.0. The van der Waals surface area contributed by atoms with Gasteiger partial charge in [-0.15, -0.1) is 11.3 Å². The Hall–Kier alpha value is -6.56. The largest absolute Gasteiger partial charge is 0.456 e. The van der Waals surface area contributed by atoms with Gasteiger partial charge in [0.2, 0.25) is 0 Å². The number of thiophene rings is 1. The highest BCUT2D eigenvalue weighted by Crippen LogP contribution is 2.53. The number of fused-ring (bicyclic) bond motifs is 17. The Labute approximate surface area is 352 Å². The summed E-state index contributed by atoms with van der Waals surface area (Å²) in [7, 11) is 0. The van der Waals surface area contributed by atoms with Crippen LogP contribution < -0.4 is 15.7 Å². The van der Waals surface area contributed by atoms with Gasteiger partial charge in [-0.05, 0) is 98.3 Å². The number of benzene rings is 8. The van der Waals surface area contributed by atoms with Crippen molar-refractivity contribution in [3.63, 3.8) is 0 Å². The van der Waals surface area contributed by atoms with Crippen molar-refractivity contribution in [3.8, 4) is 27.9 Å². The first-order chi connectivity index (χ1) is 29.1. The number of hydrogen-bond acceptors (Lipinski definition) is 3. The molecule has 0 fully saturated rings. The fourth-order valence-corrected chi connectivity index (χ4v) is 12.6. The molecule has 1 aliphatic carbocycles. The molecule has 60 heavy (non-hydrogen) atoms. The summed E-state index contributed by atoms with van der Waals surface area (Å²) in [6, 6.07) is 55.5. The molecular formula is C55H39BN2OS. The summed E-state index contributed by atoms with van der Waals surface area (Å²) >= 11 is 1.90. The molecule has 0 N–H and O–H groups in total. The molecule has 0 unspecified atom stereocenters. The normalized spacial score (nSPS) is 14.8. The van der Waals surface area contributed by atoms with Crippen LogP contribution in [-0.4, -0.2) is 11.4 Å². The summed E-state index contributed by atoms with van der Waals surface area (Å²) in [5.74, 6) is 0. The van der Waals surface area contributed by atoms with Gasteiger partial charge >= 0.3 is 6.85 Å². The van der Waals surface area contributed by atoms with Gasteiger partial charge in [-0.1, -0.05) is 126 Å². The van der Waals surface area contributed by atoms with Crippen molar-refractivity contribution in [1.82, 2.24) is 4.57 Å². The predicted molar refractivity (Wildman–Crippen MR) is 256 cm³/mol. The minimum Gasteiger partial charge on any atom is -0.456 e. The Morgan fingerprint density at radius 3 is 2.18 bits per heavy atom. The lowest BCUT2D eigenvalue weighted by Gasteiger charge is -2.42. The van der Waals surface area contributed by atoms with Crippen LogP contribution in [0.2, 0.25) is 0 Å². The van der Waals surface area contributed by atoms with Gasteiger partial charge in [0.25, 0.3) is 0 Å². The first kappa shape index (κ1) is 33.3. The molecule has 0 amide bonds. The Morgan fingerprint density at radius 1 is 0.550 bits per heavy atom. The summed E-state index contributed by atoms with van der Waals surface area (Å²) in [6.07, 6.45) is 0. The van der Waals surface area contributed by atoms with Gasteiger partial charge in [0.1, 0.15) is 11.2 Å². The fraction of sp³-hybridized carbons (Fsp3) is 0.127. The van der Waals surface area contributed by atoms with E-state index in [1.54, 1.807) is 0 Å². The van der Waals surface area contributed by atoms with E-state index in [1.807, 2.05) is 11.3 Å². The summed E-state index contributed by atoms with van der Waals surface area (Å²) in [5, 5.41) is 7.50. The Balaban J connectivity index is 1.16. The minimum atomic E-state index is -0.148. The second-order valence-corrected chi connectivity index (χ2v) is 20.0. The third-order valence-electron chi connectivity index (χ3n) is 14.3. The fourth-order valence-electron chi connectivity index (χ4n) is 11.4. The van der Waals surface area contributed by atoms with Gasteiger partial charge in [-0.25, -0.2) is 0 Å². The number of hydrogen-bond donors (Lipinski definition) is 0. The summed E-state index contributed by atoms with van der Waals surface area (Å²) < 4.78 is 11.9. The van der Waals surface area contributed by atoms with Gasteiger partial charge in [0.05, 0.1) is 11.0 Å². The maximum absolute atomic E-state index is 6.62. The predicted octanol–water partition coefficient (Wildman–Crippen LogP) is 13.9. The third-order valence-corrected chi connectivity index (χ3v) is 15.5. The van der Waals surface area contributed by atoms with E-state index in [0.29, 0.717) is 0 Å². The third kappa shape index (κ3) is 4.07. The minimum absolute atomic E-state index is 0.0441. The van der Waals surface area contributed by atoms with Crippen LogP contribution >= 0.6 is 11.3 Å². The SMILES string of the molecule is CC(C)(C)c1ccc(N2B3c4cc5c(cc4-n4c6cc7oc8ccccc8c7cc6c6ccc(c3c64)-c3cc4sc6ccccc6c4cc32)C(C)(C)c2ccccc2-5)cc1. The number of rotatable bonds is 1. The van der Waals surface area contributed by atoms with Gasteiger partial charge < -0.3 is 13.8 Å². The standard InChI is InChI=1S/C55H39BN2OS/c1-54(2,3)30-18-20-31(21-19-30)58-46-26-41-34-14-8-11-17-50(34)60-51(41)27-39(46)35-22-23-36-38-24-40-33-13-7-10-16-48(33)59-49(40)29-45(38)57-47-28-43-37(25-44(47)56(58)52(35)53(36)57)32-12-6-9-15-42(32)55(43,4)5/h6-29H,1-5H3.